The van der Waals surface area contributed by atoms with Crippen molar-refractivity contribution in [1.29, 1.82) is 0 Å². The van der Waals surface area contributed by atoms with E-state index in [9.17, 15) is 0 Å². The van der Waals surface area contributed by atoms with Crippen LogP contribution in [0.2, 0.25) is 0 Å². The third-order valence-corrected chi connectivity index (χ3v) is 10.2. The predicted octanol–water partition coefficient (Wildman–Crippen LogP) is 10.9. The Labute approximate surface area is 334 Å². The minimum Gasteiger partial charge on any atom is -2.00 e. The smallest absolute Gasteiger partial charge is 0.238 e. The van der Waals surface area contributed by atoms with Gasteiger partial charge in [-0.3, -0.25) is 9.13 Å². The molecule has 11 rings (SSSR count). The zero-order valence-corrected chi connectivity index (χ0v) is 31.1. The van der Waals surface area contributed by atoms with Crippen molar-refractivity contribution in [3.63, 3.8) is 0 Å². The lowest BCUT2D eigenvalue weighted by Crippen LogP contribution is -2.07. The second-order valence-electron chi connectivity index (χ2n) is 13.6. The number of rotatable bonds is 6. The van der Waals surface area contributed by atoms with Crippen LogP contribution in [0.4, 0.5) is 0 Å². The van der Waals surface area contributed by atoms with Crippen molar-refractivity contribution in [2.24, 2.45) is 0 Å². The van der Waals surface area contributed by atoms with Crippen LogP contribution in [0.15, 0.2) is 182 Å². The maximum atomic E-state index is 5.22. The van der Waals surface area contributed by atoms with Gasteiger partial charge in [0.05, 0.1) is 22.1 Å². The number of hydrogen-bond donors (Lipinski definition) is 0. The van der Waals surface area contributed by atoms with Crippen LogP contribution in [0.5, 0.6) is 0 Å². The van der Waals surface area contributed by atoms with Crippen LogP contribution in [0.3, 0.4) is 0 Å². The molecule has 57 heavy (non-hydrogen) atoms. The van der Waals surface area contributed by atoms with E-state index in [2.05, 4.69) is 69.8 Å². The Kier molecular flexibility index (Phi) is 8.35. The molecule has 0 aliphatic carbocycles. The monoisotopic (exact) mass is 750 g/mol. The van der Waals surface area contributed by atoms with Crippen LogP contribution in [-0.4, -0.2) is 39.0 Å². The molecule has 7 aromatic carbocycles. The van der Waals surface area contributed by atoms with E-state index >= 15 is 0 Å². The van der Waals surface area contributed by atoms with E-state index in [1.807, 2.05) is 121 Å². The van der Waals surface area contributed by atoms with Gasteiger partial charge in [-0.25, -0.2) is 9.97 Å². The Morgan fingerprint density at radius 1 is 0.281 bits per heavy atom. The SMILES string of the molecule is [S-2].c1ccc(-c2nc(-c3ccccc3)nc(-n3c4ccccc4c4c3ccc3c5ccccc5n(-c5nc(-c6ccccc6)nc(-c6ccccc6)n5)c34)n2)cc1. The van der Waals surface area contributed by atoms with E-state index in [-0.39, 0.29) is 13.5 Å². The van der Waals surface area contributed by atoms with Crippen molar-refractivity contribution in [2.75, 3.05) is 0 Å². The maximum Gasteiger partial charge on any atom is 0.238 e. The normalized spacial score (nSPS) is 11.4. The molecular formula is C48H30N8S-2. The summed E-state index contributed by atoms with van der Waals surface area (Å²) >= 11 is 0. The quantitative estimate of drug-likeness (QED) is 0.168. The topological polar surface area (TPSA) is 87.2 Å². The fraction of sp³-hybridized carbons (Fsp3) is 0. The number of benzene rings is 7. The van der Waals surface area contributed by atoms with Crippen molar-refractivity contribution >= 4 is 57.1 Å². The van der Waals surface area contributed by atoms with Gasteiger partial charge in [0.1, 0.15) is 0 Å². The first kappa shape index (κ1) is 34.0. The van der Waals surface area contributed by atoms with Gasteiger partial charge in [0.2, 0.25) is 11.9 Å². The zero-order valence-electron chi connectivity index (χ0n) is 30.3. The van der Waals surface area contributed by atoms with Gasteiger partial charge in [0.25, 0.3) is 0 Å². The summed E-state index contributed by atoms with van der Waals surface area (Å²) in [5.41, 5.74) is 7.56. The van der Waals surface area contributed by atoms with Crippen molar-refractivity contribution in [3.05, 3.63) is 182 Å². The molecule has 0 radical (unpaired) electrons. The van der Waals surface area contributed by atoms with E-state index in [0.717, 1.165) is 65.9 Å². The molecule has 4 heterocycles. The second-order valence-corrected chi connectivity index (χ2v) is 13.6. The summed E-state index contributed by atoms with van der Waals surface area (Å²) < 4.78 is 4.35. The largest absolute Gasteiger partial charge is 2.00 e. The Morgan fingerprint density at radius 2 is 0.649 bits per heavy atom. The number of nitrogens with zero attached hydrogens (tertiary/aromatic N) is 8. The van der Waals surface area contributed by atoms with E-state index in [1.165, 1.54) is 0 Å². The Bertz CT molecular complexity index is 3120. The molecule has 0 unspecified atom stereocenters. The predicted molar refractivity (Wildman–Crippen MR) is 231 cm³/mol. The lowest BCUT2D eigenvalue weighted by atomic mass is 10.1. The van der Waals surface area contributed by atoms with Crippen LogP contribution in [0, 0.1) is 0 Å². The van der Waals surface area contributed by atoms with Gasteiger partial charge in [-0.05, 0) is 18.2 Å². The van der Waals surface area contributed by atoms with Crippen LogP contribution < -0.4 is 0 Å². The van der Waals surface area contributed by atoms with Crippen LogP contribution in [0.25, 0.3) is 101 Å². The van der Waals surface area contributed by atoms with E-state index < -0.39 is 0 Å². The lowest BCUT2D eigenvalue weighted by Gasteiger charge is -2.12. The molecule has 4 aromatic heterocycles. The first-order chi connectivity index (χ1) is 27.8. The van der Waals surface area contributed by atoms with Crippen molar-refractivity contribution in [2.45, 2.75) is 0 Å². The molecule has 0 N–H and O–H groups in total. The Balaban J connectivity index is 0.00000396. The summed E-state index contributed by atoms with van der Waals surface area (Å²) in [5.74, 6) is 3.46. The highest BCUT2D eigenvalue weighted by molar-refractivity contribution is 7.37. The molecule has 270 valence electrons. The summed E-state index contributed by atoms with van der Waals surface area (Å²) in [7, 11) is 0. The molecule has 0 amide bonds. The average Bonchev–Trinajstić information content (AvgIpc) is 3.80. The maximum absolute atomic E-state index is 5.22. The second kappa shape index (κ2) is 14.0. The van der Waals surface area contributed by atoms with Gasteiger partial charge < -0.3 is 13.5 Å². The fourth-order valence-corrected chi connectivity index (χ4v) is 7.73. The van der Waals surface area contributed by atoms with Gasteiger partial charge >= 0.3 is 0 Å². The third-order valence-electron chi connectivity index (χ3n) is 10.2. The molecule has 0 spiro atoms. The molecule has 9 heteroatoms. The molecule has 0 saturated carbocycles. The lowest BCUT2D eigenvalue weighted by molar-refractivity contribution is 0.951. The van der Waals surface area contributed by atoms with Gasteiger partial charge in [-0.15, -0.1) is 0 Å². The van der Waals surface area contributed by atoms with Crippen molar-refractivity contribution in [3.8, 4) is 57.4 Å². The minimum atomic E-state index is 0. The molecule has 0 fully saturated rings. The summed E-state index contributed by atoms with van der Waals surface area (Å²) in [6.07, 6.45) is 0. The average molecular weight is 751 g/mol. The van der Waals surface area contributed by atoms with Crippen molar-refractivity contribution in [1.82, 2.24) is 39.0 Å². The first-order valence-electron chi connectivity index (χ1n) is 18.5. The molecular weight excluding hydrogens is 721 g/mol. The highest BCUT2D eigenvalue weighted by atomic mass is 32.1. The van der Waals surface area contributed by atoms with Crippen LogP contribution >= 0.6 is 0 Å². The number of aromatic nitrogens is 8. The van der Waals surface area contributed by atoms with E-state index in [1.54, 1.807) is 0 Å². The number of fused-ring (bicyclic) bond motifs is 7. The third kappa shape index (κ3) is 5.71. The van der Waals surface area contributed by atoms with E-state index in [4.69, 9.17) is 29.9 Å². The van der Waals surface area contributed by atoms with Gasteiger partial charge in [-0.1, -0.05) is 164 Å². The standard InChI is InChI=1S/C48H30N8.S/c1-5-17-31(18-6-1)43-49-44(32-19-7-2-8-20-32)52-47(51-43)55-39-28-16-14-26-37(39)41-40(55)30-29-36-35-25-13-15-27-38(35)56(42(36)41)48-53-45(33-21-9-3-10-22-33)50-46(54-48)34-23-11-4-12-24-34;/h1-30H;/q;-2. The zero-order chi connectivity index (χ0) is 37.0. The first-order valence-corrected chi connectivity index (χ1v) is 18.5. The van der Waals surface area contributed by atoms with Crippen LogP contribution in [0.1, 0.15) is 0 Å². The minimum absolute atomic E-state index is 0. The molecule has 0 aliphatic rings. The highest BCUT2D eigenvalue weighted by Crippen LogP contribution is 2.41. The molecule has 0 aliphatic heterocycles. The Hall–Kier alpha value is -7.49. The number of para-hydroxylation sites is 2. The molecule has 0 bridgehead atoms. The summed E-state index contributed by atoms with van der Waals surface area (Å²) in [6, 6.07) is 61.6. The molecule has 0 saturated heterocycles. The van der Waals surface area contributed by atoms with Crippen molar-refractivity contribution < 1.29 is 0 Å². The van der Waals surface area contributed by atoms with Crippen LogP contribution in [-0.2, 0) is 13.5 Å². The molecule has 0 atom stereocenters. The summed E-state index contributed by atoms with van der Waals surface area (Å²) in [5, 5.41) is 4.28. The molecule has 11 aromatic rings. The van der Waals surface area contributed by atoms with Gasteiger partial charge in [0, 0.05) is 43.8 Å². The summed E-state index contributed by atoms with van der Waals surface area (Å²) in [4.78, 5) is 30.7. The highest BCUT2D eigenvalue weighted by Gasteiger charge is 2.24. The van der Waals surface area contributed by atoms with Gasteiger partial charge in [-0.2, -0.15) is 19.9 Å². The molecule has 8 nitrogen and oxygen atoms in total. The fourth-order valence-electron chi connectivity index (χ4n) is 7.73. The number of hydrogen-bond acceptors (Lipinski definition) is 6. The van der Waals surface area contributed by atoms with Gasteiger partial charge in [0.15, 0.2) is 23.3 Å². The van der Waals surface area contributed by atoms with E-state index in [0.29, 0.717) is 35.2 Å². The Morgan fingerprint density at radius 3 is 1.11 bits per heavy atom. The summed E-state index contributed by atoms with van der Waals surface area (Å²) in [6.45, 7) is 0.